The summed E-state index contributed by atoms with van der Waals surface area (Å²) in [6.45, 7) is 1.98. The molecule has 1 heterocycles. The van der Waals surface area contributed by atoms with Gasteiger partial charge in [-0.2, -0.15) is 0 Å². The molecular weight excluding hydrogens is 218 g/mol. The first-order valence-corrected chi connectivity index (χ1v) is 5.53. The first kappa shape index (κ1) is 11.8. The summed E-state index contributed by atoms with van der Waals surface area (Å²) < 4.78 is 10.9. The average Bonchev–Trinajstić information content (AvgIpc) is 2.38. The molecular formula is C13H15NO3. The van der Waals surface area contributed by atoms with Gasteiger partial charge in [-0.1, -0.05) is 12.0 Å². The summed E-state index contributed by atoms with van der Waals surface area (Å²) >= 11 is 0. The van der Waals surface area contributed by atoms with Crippen LogP contribution in [0.15, 0.2) is 18.2 Å². The molecule has 0 fully saturated rings. The van der Waals surface area contributed by atoms with E-state index in [0.717, 1.165) is 11.3 Å². The van der Waals surface area contributed by atoms with Crippen LogP contribution in [0.5, 0.6) is 11.5 Å². The Morgan fingerprint density at radius 1 is 1.35 bits per heavy atom. The Morgan fingerprint density at radius 2 is 2.12 bits per heavy atom. The third kappa shape index (κ3) is 2.90. The molecule has 4 nitrogen and oxygen atoms in total. The molecule has 0 bridgehead atoms. The minimum Gasteiger partial charge on any atom is -0.486 e. The number of nitrogens with one attached hydrogen (secondary N) is 1. The zero-order valence-electron chi connectivity index (χ0n) is 9.48. The molecule has 1 aliphatic rings. The second-order valence-corrected chi connectivity index (χ2v) is 3.75. The number of aliphatic hydroxyl groups is 1. The van der Waals surface area contributed by atoms with Gasteiger partial charge in [-0.25, -0.2) is 0 Å². The van der Waals surface area contributed by atoms with Crippen LogP contribution in [0.25, 0.3) is 0 Å². The maximum Gasteiger partial charge on any atom is 0.161 e. The van der Waals surface area contributed by atoms with E-state index in [2.05, 4.69) is 11.2 Å². The lowest BCUT2D eigenvalue weighted by Crippen LogP contribution is -2.22. The van der Waals surface area contributed by atoms with Crippen LogP contribution in [0.2, 0.25) is 0 Å². The Labute approximate surface area is 101 Å². The minimum atomic E-state index is -0.598. The number of rotatable bonds is 4. The standard InChI is InChI=1S/C13H15NO3/c1-2-5-14-9-11(15)10-3-4-12-13(8-10)17-7-6-16-12/h1,3-4,8,11,14-15H,5-7,9H2. The summed E-state index contributed by atoms with van der Waals surface area (Å²) in [5.74, 6) is 3.87. The summed E-state index contributed by atoms with van der Waals surface area (Å²) in [4.78, 5) is 0. The van der Waals surface area contributed by atoms with E-state index in [1.807, 2.05) is 12.1 Å². The van der Waals surface area contributed by atoms with Gasteiger partial charge in [-0.05, 0) is 17.7 Å². The molecule has 1 atom stereocenters. The molecule has 1 unspecified atom stereocenters. The van der Waals surface area contributed by atoms with E-state index in [1.165, 1.54) is 0 Å². The van der Waals surface area contributed by atoms with Crippen molar-refractivity contribution in [2.24, 2.45) is 0 Å². The monoisotopic (exact) mass is 233 g/mol. The normalized spacial score (nSPS) is 15.1. The van der Waals surface area contributed by atoms with Crippen LogP contribution in [0.1, 0.15) is 11.7 Å². The van der Waals surface area contributed by atoms with Gasteiger partial charge < -0.3 is 19.9 Å². The van der Waals surface area contributed by atoms with Crippen molar-refractivity contribution >= 4 is 0 Å². The fourth-order valence-corrected chi connectivity index (χ4v) is 1.67. The van der Waals surface area contributed by atoms with Crippen LogP contribution in [0, 0.1) is 12.3 Å². The van der Waals surface area contributed by atoms with Gasteiger partial charge in [-0.15, -0.1) is 6.42 Å². The second-order valence-electron chi connectivity index (χ2n) is 3.75. The number of fused-ring (bicyclic) bond motifs is 1. The van der Waals surface area contributed by atoms with Crippen molar-refractivity contribution in [3.05, 3.63) is 23.8 Å². The molecule has 0 aliphatic carbocycles. The van der Waals surface area contributed by atoms with Crippen LogP contribution >= 0.6 is 0 Å². The lowest BCUT2D eigenvalue weighted by molar-refractivity contribution is 0.164. The van der Waals surface area contributed by atoms with Gasteiger partial charge in [0, 0.05) is 6.54 Å². The topological polar surface area (TPSA) is 50.7 Å². The highest BCUT2D eigenvalue weighted by atomic mass is 16.6. The number of hydrogen-bond acceptors (Lipinski definition) is 4. The SMILES string of the molecule is C#CCNCC(O)c1ccc2c(c1)OCCO2. The Hall–Kier alpha value is -1.70. The fourth-order valence-electron chi connectivity index (χ4n) is 1.67. The zero-order valence-corrected chi connectivity index (χ0v) is 9.48. The number of aliphatic hydroxyl groups excluding tert-OH is 1. The molecule has 17 heavy (non-hydrogen) atoms. The van der Waals surface area contributed by atoms with Gasteiger partial charge in [0.15, 0.2) is 11.5 Å². The highest BCUT2D eigenvalue weighted by Gasteiger charge is 2.14. The average molecular weight is 233 g/mol. The molecule has 1 aromatic rings. The predicted molar refractivity (Wildman–Crippen MR) is 64.1 cm³/mol. The molecule has 4 heteroatoms. The van der Waals surface area contributed by atoms with Crippen LogP contribution in [0.4, 0.5) is 0 Å². The smallest absolute Gasteiger partial charge is 0.161 e. The number of ether oxygens (including phenoxy) is 2. The van der Waals surface area contributed by atoms with E-state index in [4.69, 9.17) is 15.9 Å². The second kappa shape index (κ2) is 5.58. The highest BCUT2D eigenvalue weighted by Crippen LogP contribution is 2.32. The van der Waals surface area contributed by atoms with Crippen molar-refractivity contribution in [3.8, 4) is 23.8 Å². The van der Waals surface area contributed by atoms with E-state index >= 15 is 0 Å². The van der Waals surface area contributed by atoms with Gasteiger partial charge in [0.05, 0.1) is 12.6 Å². The number of terminal acetylenes is 1. The van der Waals surface area contributed by atoms with E-state index in [0.29, 0.717) is 32.1 Å². The van der Waals surface area contributed by atoms with E-state index in [9.17, 15) is 5.11 Å². The Bertz CT molecular complexity index is 425. The van der Waals surface area contributed by atoms with Gasteiger partial charge in [-0.3, -0.25) is 0 Å². The molecule has 0 saturated heterocycles. The van der Waals surface area contributed by atoms with E-state index in [1.54, 1.807) is 6.07 Å². The van der Waals surface area contributed by atoms with Crippen molar-refractivity contribution in [1.82, 2.24) is 5.32 Å². The van der Waals surface area contributed by atoms with Gasteiger partial charge >= 0.3 is 0 Å². The number of hydrogen-bond donors (Lipinski definition) is 2. The Morgan fingerprint density at radius 3 is 2.88 bits per heavy atom. The van der Waals surface area contributed by atoms with Crippen LogP contribution in [-0.2, 0) is 0 Å². The van der Waals surface area contributed by atoms with Gasteiger partial charge in [0.25, 0.3) is 0 Å². The maximum absolute atomic E-state index is 9.92. The first-order chi connectivity index (χ1) is 8.31. The molecule has 2 N–H and O–H groups in total. The van der Waals surface area contributed by atoms with E-state index < -0.39 is 6.10 Å². The zero-order chi connectivity index (χ0) is 12.1. The predicted octanol–water partition coefficient (Wildman–Crippen LogP) is 0.714. The highest BCUT2D eigenvalue weighted by molar-refractivity contribution is 5.44. The Kier molecular flexibility index (Phi) is 3.86. The van der Waals surface area contributed by atoms with Crippen LogP contribution in [0.3, 0.4) is 0 Å². The molecule has 0 spiro atoms. The lowest BCUT2D eigenvalue weighted by atomic mass is 10.1. The maximum atomic E-state index is 9.92. The summed E-state index contributed by atoms with van der Waals surface area (Å²) in [6, 6.07) is 5.45. The third-order valence-corrected chi connectivity index (χ3v) is 2.52. The fraction of sp³-hybridized carbons (Fsp3) is 0.385. The largest absolute Gasteiger partial charge is 0.486 e. The van der Waals surface area contributed by atoms with Gasteiger partial charge in [0.2, 0.25) is 0 Å². The lowest BCUT2D eigenvalue weighted by Gasteiger charge is -2.20. The minimum absolute atomic E-state index is 0.420. The molecule has 0 amide bonds. The molecule has 0 saturated carbocycles. The van der Waals surface area contributed by atoms with Crippen molar-refractivity contribution in [2.75, 3.05) is 26.3 Å². The molecule has 0 radical (unpaired) electrons. The van der Waals surface area contributed by atoms with Crippen LogP contribution in [-0.4, -0.2) is 31.4 Å². The quantitative estimate of drug-likeness (QED) is 0.594. The third-order valence-electron chi connectivity index (χ3n) is 2.52. The summed E-state index contributed by atoms with van der Waals surface area (Å²) in [6.07, 6.45) is 4.52. The molecule has 1 aromatic carbocycles. The van der Waals surface area contributed by atoms with Crippen molar-refractivity contribution in [1.29, 1.82) is 0 Å². The van der Waals surface area contributed by atoms with Crippen molar-refractivity contribution in [3.63, 3.8) is 0 Å². The summed E-state index contributed by atoms with van der Waals surface area (Å²) in [5, 5.41) is 12.9. The molecule has 1 aliphatic heterocycles. The van der Waals surface area contributed by atoms with Crippen molar-refractivity contribution in [2.45, 2.75) is 6.10 Å². The summed E-state index contributed by atoms with van der Waals surface area (Å²) in [7, 11) is 0. The van der Waals surface area contributed by atoms with Gasteiger partial charge in [0.1, 0.15) is 13.2 Å². The first-order valence-electron chi connectivity index (χ1n) is 5.53. The molecule has 2 rings (SSSR count). The number of benzene rings is 1. The molecule has 90 valence electrons. The van der Waals surface area contributed by atoms with Crippen molar-refractivity contribution < 1.29 is 14.6 Å². The summed E-state index contributed by atoms with van der Waals surface area (Å²) in [5.41, 5.74) is 0.791. The Balaban J connectivity index is 2.03. The van der Waals surface area contributed by atoms with Crippen LogP contribution < -0.4 is 14.8 Å². The van der Waals surface area contributed by atoms with E-state index in [-0.39, 0.29) is 0 Å². The molecule has 0 aromatic heterocycles.